The summed E-state index contributed by atoms with van der Waals surface area (Å²) in [5.74, 6) is -0.599. The Morgan fingerprint density at radius 2 is 2.00 bits per heavy atom. The number of rotatable bonds is 3. The van der Waals surface area contributed by atoms with E-state index in [1.54, 1.807) is 6.92 Å². The van der Waals surface area contributed by atoms with Crippen molar-refractivity contribution in [3.63, 3.8) is 0 Å². The quantitative estimate of drug-likeness (QED) is 0.259. The summed E-state index contributed by atoms with van der Waals surface area (Å²) in [5, 5.41) is 0. The molecule has 0 unspecified atom stereocenters. The number of ether oxygens (including phenoxy) is 1. The van der Waals surface area contributed by atoms with Gasteiger partial charge in [-0.15, -0.1) is 0 Å². The summed E-state index contributed by atoms with van der Waals surface area (Å²) in [6.07, 6.45) is -0.103. The summed E-state index contributed by atoms with van der Waals surface area (Å²) in [6.45, 7) is 3.40. The predicted octanol–water partition coefficient (Wildman–Crippen LogP) is -2.35. The van der Waals surface area contributed by atoms with Crippen LogP contribution in [0.15, 0.2) is 0 Å². The molecule has 0 aliphatic heterocycles. The molecule has 3 nitrogen and oxygen atoms in total. The van der Waals surface area contributed by atoms with Crippen molar-refractivity contribution < 1.29 is 45.3 Å². The number of ketones is 1. The van der Waals surface area contributed by atoms with Crippen LogP contribution in [-0.4, -0.2) is 18.4 Å². The summed E-state index contributed by atoms with van der Waals surface area (Å²) >= 11 is 0. The van der Waals surface area contributed by atoms with Crippen LogP contribution >= 0.6 is 0 Å². The van der Waals surface area contributed by atoms with Gasteiger partial charge in [-0.1, -0.05) is 0 Å². The van der Waals surface area contributed by atoms with Crippen molar-refractivity contribution >= 4 is 11.8 Å². The topological polar surface area (TPSA) is 43.4 Å². The second kappa shape index (κ2) is 7.25. The Morgan fingerprint density at radius 3 is 2.30 bits per heavy atom. The van der Waals surface area contributed by atoms with Crippen LogP contribution in [0.25, 0.3) is 0 Å². The molecule has 54 valence electrons. The van der Waals surface area contributed by atoms with Crippen LogP contribution in [0, 0.1) is 0 Å². The van der Waals surface area contributed by atoms with E-state index in [1.165, 1.54) is 6.92 Å². The van der Waals surface area contributed by atoms with Gasteiger partial charge in [-0.2, -0.15) is 0 Å². The summed E-state index contributed by atoms with van der Waals surface area (Å²) in [6, 6.07) is 0. The summed E-state index contributed by atoms with van der Waals surface area (Å²) in [5.41, 5.74) is 0. The fourth-order valence-corrected chi connectivity index (χ4v) is 0.415. The predicted molar refractivity (Wildman–Crippen MR) is 33.0 cm³/mol. The second-order valence-corrected chi connectivity index (χ2v) is 1.68. The Bertz CT molecular complexity index is 127. The Balaban J connectivity index is -0.000000320. The SMILES string of the molecule is CCOC(=O)CC(C)=O.[H-].[Na+]. The van der Waals surface area contributed by atoms with Gasteiger partial charge in [-0.05, 0) is 13.8 Å². The first-order chi connectivity index (χ1) is 4.16. The number of esters is 1. The van der Waals surface area contributed by atoms with Crippen LogP contribution in [0.2, 0.25) is 0 Å². The molecule has 0 saturated carbocycles. The van der Waals surface area contributed by atoms with Crippen molar-refractivity contribution in [2.45, 2.75) is 20.3 Å². The Morgan fingerprint density at radius 1 is 1.50 bits per heavy atom. The molecule has 0 N–H and O–H groups in total. The minimum atomic E-state index is -0.440. The van der Waals surface area contributed by atoms with Crippen molar-refractivity contribution in [3.05, 3.63) is 0 Å². The molecule has 0 aromatic carbocycles. The Hall–Kier alpha value is 0.140. The number of hydrogen-bond donors (Lipinski definition) is 0. The standard InChI is InChI=1S/C6H10O3.Na.H/c1-3-9-6(8)4-5(2)7;;/h3-4H2,1-2H3;;/q;+1;-1. The molecule has 0 fully saturated rings. The first kappa shape index (κ1) is 12.8. The maximum absolute atomic E-state index is 10.4. The molecule has 0 saturated heterocycles. The van der Waals surface area contributed by atoms with Crippen molar-refractivity contribution in [2.24, 2.45) is 0 Å². The summed E-state index contributed by atoms with van der Waals surface area (Å²) in [7, 11) is 0. The van der Waals surface area contributed by atoms with E-state index in [9.17, 15) is 9.59 Å². The number of carbonyl (C=O) groups is 2. The van der Waals surface area contributed by atoms with E-state index in [0.717, 1.165) is 0 Å². The molecule has 0 heterocycles. The molecular weight excluding hydrogens is 143 g/mol. The molecular formula is C6H11NaO3. The molecule has 0 aliphatic carbocycles. The molecule has 0 bridgehead atoms. The average molecular weight is 154 g/mol. The third kappa shape index (κ3) is 8.14. The first-order valence-corrected chi connectivity index (χ1v) is 2.82. The third-order valence-electron chi connectivity index (χ3n) is 0.699. The molecule has 0 aromatic heterocycles. The Kier molecular flexibility index (Phi) is 9.27. The minimum absolute atomic E-state index is 0. The van der Waals surface area contributed by atoms with Gasteiger partial charge < -0.3 is 6.16 Å². The zero-order chi connectivity index (χ0) is 7.28. The molecule has 0 rings (SSSR count). The maximum Gasteiger partial charge on any atom is 1.00 e. The van der Waals surface area contributed by atoms with Gasteiger partial charge >= 0.3 is 35.5 Å². The van der Waals surface area contributed by atoms with Crippen LogP contribution in [-0.2, 0) is 14.3 Å². The zero-order valence-electron chi connectivity index (χ0n) is 7.64. The van der Waals surface area contributed by atoms with E-state index in [0.29, 0.717) is 6.61 Å². The molecule has 0 amide bonds. The van der Waals surface area contributed by atoms with E-state index < -0.39 is 5.97 Å². The molecule has 0 aliphatic rings. The van der Waals surface area contributed by atoms with Crippen LogP contribution in [0.1, 0.15) is 21.7 Å². The molecule has 4 heteroatoms. The molecule has 0 radical (unpaired) electrons. The van der Waals surface area contributed by atoms with Crippen molar-refractivity contribution in [1.82, 2.24) is 0 Å². The van der Waals surface area contributed by atoms with E-state index in [-0.39, 0.29) is 43.2 Å². The molecule has 0 atom stereocenters. The van der Waals surface area contributed by atoms with E-state index >= 15 is 0 Å². The van der Waals surface area contributed by atoms with Crippen molar-refractivity contribution in [1.29, 1.82) is 0 Å². The van der Waals surface area contributed by atoms with Crippen LogP contribution in [0.5, 0.6) is 0 Å². The minimum Gasteiger partial charge on any atom is -1.00 e. The van der Waals surface area contributed by atoms with E-state index in [4.69, 9.17) is 0 Å². The first-order valence-electron chi connectivity index (χ1n) is 2.82. The summed E-state index contributed by atoms with van der Waals surface area (Å²) in [4.78, 5) is 20.6. The molecule has 0 spiro atoms. The normalized spacial score (nSPS) is 7.80. The van der Waals surface area contributed by atoms with Gasteiger partial charge in [0.2, 0.25) is 0 Å². The third-order valence-corrected chi connectivity index (χ3v) is 0.699. The fraction of sp³-hybridized carbons (Fsp3) is 0.667. The Labute approximate surface area is 83.9 Å². The van der Waals surface area contributed by atoms with Gasteiger partial charge in [0, 0.05) is 0 Å². The monoisotopic (exact) mass is 154 g/mol. The van der Waals surface area contributed by atoms with Crippen molar-refractivity contribution in [3.8, 4) is 0 Å². The van der Waals surface area contributed by atoms with Gasteiger partial charge in [-0.3, -0.25) is 9.59 Å². The van der Waals surface area contributed by atoms with Crippen LogP contribution in [0.4, 0.5) is 0 Å². The largest absolute Gasteiger partial charge is 1.00 e. The number of hydrogen-bond acceptors (Lipinski definition) is 3. The van der Waals surface area contributed by atoms with Gasteiger partial charge in [0.25, 0.3) is 0 Å². The number of carbonyl (C=O) groups excluding carboxylic acids is 2. The fourth-order valence-electron chi connectivity index (χ4n) is 0.415. The van der Waals surface area contributed by atoms with E-state index in [2.05, 4.69) is 4.74 Å². The van der Waals surface area contributed by atoms with Gasteiger partial charge in [0.1, 0.15) is 12.2 Å². The second-order valence-electron chi connectivity index (χ2n) is 1.68. The zero-order valence-corrected chi connectivity index (χ0v) is 8.64. The van der Waals surface area contributed by atoms with Gasteiger partial charge in [0.05, 0.1) is 6.61 Å². The smallest absolute Gasteiger partial charge is 1.00 e. The summed E-state index contributed by atoms with van der Waals surface area (Å²) < 4.78 is 4.49. The maximum atomic E-state index is 10.4. The van der Waals surface area contributed by atoms with Crippen molar-refractivity contribution in [2.75, 3.05) is 6.61 Å². The van der Waals surface area contributed by atoms with E-state index in [1.807, 2.05) is 0 Å². The van der Waals surface area contributed by atoms with Crippen LogP contribution < -0.4 is 29.6 Å². The molecule has 10 heavy (non-hydrogen) atoms. The average Bonchev–Trinajstić information content (AvgIpc) is 1.63. The van der Waals surface area contributed by atoms with Gasteiger partial charge in [0.15, 0.2) is 0 Å². The number of Topliss-reactive ketones (excluding diaryl/α,β-unsaturated/α-hetero) is 1. The van der Waals surface area contributed by atoms with Crippen LogP contribution in [0.3, 0.4) is 0 Å². The van der Waals surface area contributed by atoms with Gasteiger partial charge in [-0.25, -0.2) is 0 Å². The molecule has 0 aromatic rings.